The van der Waals surface area contributed by atoms with Gasteiger partial charge >= 0.3 is 0 Å². The van der Waals surface area contributed by atoms with Crippen LogP contribution in [-0.2, 0) is 11.3 Å². The molecule has 0 radical (unpaired) electrons. The van der Waals surface area contributed by atoms with Crippen molar-refractivity contribution in [1.82, 2.24) is 5.32 Å². The Labute approximate surface area is 114 Å². The highest BCUT2D eigenvalue weighted by Crippen LogP contribution is 2.33. The summed E-state index contributed by atoms with van der Waals surface area (Å²) >= 11 is 0. The number of rotatable bonds is 3. The van der Waals surface area contributed by atoms with Crippen LogP contribution in [0, 0.1) is 0 Å². The molecule has 0 atom stereocenters. The Morgan fingerprint density at radius 1 is 1.05 bits per heavy atom. The van der Waals surface area contributed by atoms with Gasteiger partial charge in [-0.15, -0.1) is 0 Å². The van der Waals surface area contributed by atoms with E-state index < -0.39 is 0 Å². The first-order valence-corrected chi connectivity index (χ1v) is 7.12. The zero-order chi connectivity index (χ0) is 12.9. The number of hydrogen-bond acceptors (Lipinski definition) is 4. The Morgan fingerprint density at radius 2 is 1.89 bits per heavy atom. The molecule has 1 saturated heterocycles. The summed E-state index contributed by atoms with van der Waals surface area (Å²) in [5.74, 6) is 1.79. The van der Waals surface area contributed by atoms with Crippen molar-refractivity contribution in [2.45, 2.75) is 31.8 Å². The van der Waals surface area contributed by atoms with Crippen LogP contribution in [0.3, 0.4) is 0 Å². The molecule has 2 heterocycles. The van der Waals surface area contributed by atoms with Gasteiger partial charge in [0.1, 0.15) is 0 Å². The van der Waals surface area contributed by atoms with Crippen molar-refractivity contribution >= 4 is 0 Å². The SMILES string of the molecule is c1cc(CNC2CCOCC2)c2c(c1)OCCCO2. The predicted molar refractivity (Wildman–Crippen MR) is 72.7 cm³/mol. The van der Waals surface area contributed by atoms with Gasteiger partial charge in [0.15, 0.2) is 11.5 Å². The molecule has 0 aromatic heterocycles. The van der Waals surface area contributed by atoms with E-state index in [1.54, 1.807) is 0 Å². The molecule has 19 heavy (non-hydrogen) atoms. The minimum atomic E-state index is 0.552. The van der Waals surface area contributed by atoms with Crippen molar-refractivity contribution in [3.8, 4) is 11.5 Å². The van der Waals surface area contributed by atoms with Crippen LogP contribution >= 0.6 is 0 Å². The third-order valence-electron chi connectivity index (χ3n) is 3.66. The van der Waals surface area contributed by atoms with E-state index in [2.05, 4.69) is 11.4 Å². The molecule has 0 unspecified atom stereocenters. The van der Waals surface area contributed by atoms with E-state index in [0.717, 1.165) is 63.7 Å². The van der Waals surface area contributed by atoms with Crippen LogP contribution in [0.5, 0.6) is 11.5 Å². The average Bonchev–Trinajstić information content (AvgIpc) is 2.72. The highest BCUT2D eigenvalue weighted by Gasteiger charge is 2.17. The monoisotopic (exact) mass is 263 g/mol. The molecule has 104 valence electrons. The molecule has 3 rings (SSSR count). The van der Waals surface area contributed by atoms with Crippen molar-refractivity contribution in [3.63, 3.8) is 0 Å². The maximum Gasteiger partial charge on any atom is 0.165 e. The second-order valence-corrected chi connectivity index (χ2v) is 5.06. The molecular formula is C15H21NO3. The van der Waals surface area contributed by atoms with Crippen LogP contribution in [0.1, 0.15) is 24.8 Å². The summed E-state index contributed by atoms with van der Waals surface area (Å²) in [6.45, 7) is 4.04. The van der Waals surface area contributed by atoms with Crippen molar-refractivity contribution in [3.05, 3.63) is 23.8 Å². The number of benzene rings is 1. The van der Waals surface area contributed by atoms with Gasteiger partial charge in [-0.2, -0.15) is 0 Å². The lowest BCUT2D eigenvalue weighted by Crippen LogP contribution is -2.34. The molecule has 1 N–H and O–H groups in total. The van der Waals surface area contributed by atoms with E-state index in [0.29, 0.717) is 6.04 Å². The third kappa shape index (κ3) is 3.19. The Morgan fingerprint density at radius 3 is 2.79 bits per heavy atom. The number of para-hydroxylation sites is 1. The summed E-state index contributed by atoms with van der Waals surface area (Å²) in [7, 11) is 0. The van der Waals surface area contributed by atoms with E-state index >= 15 is 0 Å². The Hall–Kier alpha value is -1.26. The summed E-state index contributed by atoms with van der Waals surface area (Å²) in [4.78, 5) is 0. The molecule has 0 spiro atoms. The van der Waals surface area contributed by atoms with Gasteiger partial charge in [0.05, 0.1) is 13.2 Å². The first-order valence-electron chi connectivity index (χ1n) is 7.12. The van der Waals surface area contributed by atoms with E-state index in [-0.39, 0.29) is 0 Å². The molecule has 4 nitrogen and oxygen atoms in total. The van der Waals surface area contributed by atoms with Crippen LogP contribution in [0.4, 0.5) is 0 Å². The van der Waals surface area contributed by atoms with Gasteiger partial charge in [-0.1, -0.05) is 12.1 Å². The number of nitrogens with one attached hydrogen (secondary N) is 1. The molecule has 2 aliphatic heterocycles. The minimum Gasteiger partial charge on any atom is -0.490 e. The van der Waals surface area contributed by atoms with Gasteiger partial charge in [0, 0.05) is 37.8 Å². The van der Waals surface area contributed by atoms with Gasteiger partial charge < -0.3 is 19.5 Å². The van der Waals surface area contributed by atoms with Crippen LogP contribution in [-0.4, -0.2) is 32.5 Å². The first kappa shape index (κ1) is 12.8. The topological polar surface area (TPSA) is 39.7 Å². The van der Waals surface area contributed by atoms with Gasteiger partial charge in [-0.3, -0.25) is 0 Å². The molecular weight excluding hydrogens is 242 g/mol. The molecule has 0 bridgehead atoms. The van der Waals surface area contributed by atoms with E-state index in [4.69, 9.17) is 14.2 Å². The maximum absolute atomic E-state index is 5.83. The van der Waals surface area contributed by atoms with Crippen LogP contribution in [0.2, 0.25) is 0 Å². The quantitative estimate of drug-likeness (QED) is 0.906. The average molecular weight is 263 g/mol. The lowest BCUT2D eigenvalue weighted by molar-refractivity contribution is 0.0775. The zero-order valence-corrected chi connectivity index (χ0v) is 11.2. The molecule has 0 saturated carbocycles. The van der Waals surface area contributed by atoms with Crippen molar-refractivity contribution in [1.29, 1.82) is 0 Å². The molecule has 1 fully saturated rings. The Balaban J connectivity index is 1.66. The van der Waals surface area contributed by atoms with Crippen molar-refractivity contribution in [2.75, 3.05) is 26.4 Å². The second kappa shape index (κ2) is 6.26. The third-order valence-corrected chi connectivity index (χ3v) is 3.66. The fourth-order valence-electron chi connectivity index (χ4n) is 2.55. The predicted octanol–water partition coefficient (Wildman–Crippen LogP) is 2.12. The summed E-state index contributed by atoms with van der Waals surface area (Å²) < 4.78 is 16.9. The fraction of sp³-hybridized carbons (Fsp3) is 0.600. The molecule has 0 aliphatic carbocycles. The van der Waals surface area contributed by atoms with Gasteiger partial charge in [0.2, 0.25) is 0 Å². The summed E-state index contributed by atoms with van der Waals surface area (Å²) in [6.07, 6.45) is 3.13. The standard InChI is InChI=1S/C15H21NO3/c1-3-12(11-16-13-5-9-17-10-6-13)15-14(4-1)18-7-2-8-19-15/h1,3-4,13,16H,2,5-11H2. The lowest BCUT2D eigenvalue weighted by atomic mass is 10.1. The summed E-state index contributed by atoms with van der Waals surface area (Å²) in [5.41, 5.74) is 1.19. The summed E-state index contributed by atoms with van der Waals surface area (Å²) in [6, 6.07) is 6.68. The Kier molecular flexibility index (Phi) is 4.20. The molecule has 4 heteroatoms. The van der Waals surface area contributed by atoms with Crippen molar-refractivity contribution < 1.29 is 14.2 Å². The summed E-state index contributed by atoms with van der Waals surface area (Å²) in [5, 5.41) is 3.59. The smallest absolute Gasteiger partial charge is 0.165 e. The number of ether oxygens (including phenoxy) is 3. The normalized spacial score (nSPS) is 20.0. The molecule has 0 amide bonds. The van der Waals surface area contributed by atoms with E-state index in [1.165, 1.54) is 5.56 Å². The highest BCUT2D eigenvalue weighted by atomic mass is 16.5. The van der Waals surface area contributed by atoms with E-state index in [9.17, 15) is 0 Å². The van der Waals surface area contributed by atoms with Gasteiger partial charge in [0.25, 0.3) is 0 Å². The fourth-order valence-corrected chi connectivity index (χ4v) is 2.55. The molecule has 1 aromatic carbocycles. The second-order valence-electron chi connectivity index (χ2n) is 5.06. The van der Waals surface area contributed by atoms with Crippen molar-refractivity contribution in [2.24, 2.45) is 0 Å². The van der Waals surface area contributed by atoms with Crippen LogP contribution < -0.4 is 14.8 Å². The molecule has 1 aromatic rings. The highest BCUT2D eigenvalue weighted by molar-refractivity contribution is 5.47. The molecule has 2 aliphatic rings. The van der Waals surface area contributed by atoms with Gasteiger partial charge in [-0.25, -0.2) is 0 Å². The lowest BCUT2D eigenvalue weighted by Gasteiger charge is -2.23. The Bertz CT molecular complexity index is 416. The van der Waals surface area contributed by atoms with Crippen LogP contribution in [0.15, 0.2) is 18.2 Å². The number of fused-ring (bicyclic) bond motifs is 1. The first-order chi connectivity index (χ1) is 9.43. The number of hydrogen-bond donors (Lipinski definition) is 1. The maximum atomic E-state index is 5.83. The zero-order valence-electron chi connectivity index (χ0n) is 11.2. The minimum absolute atomic E-state index is 0.552. The van der Waals surface area contributed by atoms with Gasteiger partial charge in [-0.05, 0) is 18.9 Å². The van der Waals surface area contributed by atoms with Crippen LogP contribution in [0.25, 0.3) is 0 Å². The van der Waals surface area contributed by atoms with E-state index in [1.807, 2.05) is 12.1 Å². The largest absolute Gasteiger partial charge is 0.490 e.